The molecule has 28 heavy (non-hydrogen) atoms. The van der Waals surface area contributed by atoms with Crippen LogP contribution in [-0.4, -0.2) is 16.6 Å². The zero-order chi connectivity index (χ0) is 19.3. The van der Waals surface area contributed by atoms with Gasteiger partial charge in [-0.3, -0.25) is 4.79 Å². The largest absolute Gasteiger partial charge is 0.268 e. The molecule has 0 saturated carbocycles. The minimum atomic E-state index is -0.179. The van der Waals surface area contributed by atoms with Gasteiger partial charge < -0.3 is 0 Å². The molecule has 4 rings (SSSR count). The van der Waals surface area contributed by atoms with Gasteiger partial charge in [-0.05, 0) is 34.9 Å². The summed E-state index contributed by atoms with van der Waals surface area (Å²) in [6.45, 7) is 0. The SMILES string of the molecule is O=C(C=Cc1ccccc1)N1N=C(c2ccccc2)CC1c1cccc(Cl)c1. The number of carbonyl (C=O) groups excluding carboxylic acids is 1. The normalized spacial score (nSPS) is 16.4. The summed E-state index contributed by atoms with van der Waals surface area (Å²) in [6, 6.07) is 27.2. The molecule has 3 nitrogen and oxygen atoms in total. The average molecular weight is 387 g/mol. The van der Waals surface area contributed by atoms with Crippen LogP contribution in [0.2, 0.25) is 5.02 Å². The number of amides is 1. The van der Waals surface area contributed by atoms with Gasteiger partial charge in [0.25, 0.3) is 5.91 Å². The van der Waals surface area contributed by atoms with E-state index in [4.69, 9.17) is 11.6 Å². The second-order valence-electron chi connectivity index (χ2n) is 6.61. The first kappa shape index (κ1) is 18.2. The Morgan fingerprint density at radius 3 is 2.39 bits per heavy atom. The summed E-state index contributed by atoms with van der Waals surface area (Å²) in [6.07, 6.45) is 4.03. The van der Waals surface area contributed by atoms with Crippen LogP contribution in [0.1, 0.15) is 29.2 Å². The van der Waals surface area contributed by atoms with Crippen molar-refractivity contribution in [2.24, 2.45) is 5.10 Å². The predicted molar refractivity (Wildman–Crippen MR) is 114 cm³/mol. The van der Waals surface area contributed by atoms with Gasteiger partial charge in [-0.1, -0.05) is 84.4 Å². The first-order valence-electron chi connectivity index (χ1n) is 9.15. The zero-order valence-electron chi connectivity index (χ0n) is 15.2. The number of nitrogens with zero attached hydrogens (tertiary/aromatic N) is 2. The lowest BCUT2D eigenvalue weighted by molar-refractivity contribution is -0.127. The van der Waals surface area contributed by atoms with Crippen LogP contribution in [0.25, 0.3) is 6.08 Å². The Bertz CT molecular complexity index is 1030. The number of benzene rings is 3. The van der Waals surface area contributed by atoms with E-state index in [-0.39, 0.29) is 11.9 Å². The third-order valence-corrected chi connectivity index (χ3v) is 4.93. The van der Waals surface area contributed by atoms with Crippen molar-refractivity contribution in [2.75, 3.05) is 0 Å². The minimum absolute atomic E-state index is 0.153. The molecule has 1 heterocycles. The van der Waals surface area contributed by atoms with Gasteiger partial charge >= 0.3 is 0 Å². The second-order valence-corrected chi connectivity index (χ2v) is 7.05. The lowest BCUT2D eigenvalue weighted by atomic mass is 9.98. The highest BCUT2D eigenvalue weighted by Crippen LogP contribution is 2.34. The Balaban J connectivity index is 1.65. The van der Waals surface area contributed by atoms with Crippen molar-refractivity contribution in [1.29, 1.82) is 0 Å². The van der Waals surface area contributed by atoms with E-state index in [1.54, 1.807) is 11.1 Å². The van der Waals surface area contributed by atoms with Crippen LogP contribution in [0.15, 0.2) is 96.1 Å². The van der Waals surface area contributed by atoms with E-state index in [0.717, 1.165) is 22.4 Å². The van der Waals surface area contributed by atoms with E-state index in [1.165, 1.54) is 0 Å². The molecule has 3 aromatic rings. The molecule has 1 amide bonds. The van der Waals surface area contributed by atoms with Crippen molar-refractivity contribution in [3.05, 3.63) is 113 Å². The fraction of sp³-hybridized carbons (Fsp3) is 0.0833. The Morgan fingerprint density at radius 1 is 0.964 bits per heavy atom. The first-order valence-corrected chi connectivity index (χ1v) is 9.53. The Hall–Kier alpha value is -3.17. The van der Waals surface area contributed by atoms with E-state index in [2.05, 4.69) is 5.10 Å². The lowest BCUT2D eigenvalue weighted by Crippen LogP contribution is -2.25. The lowest BCUT2D eigenvalue weighted by Gasteiger charge is -2.21. The van der Waals surface area contributed by atoms with Crippen molar-refractivity contribution in [1.82, 2.24) is 5.01 Å². The van der Waals surface area contributed by atoms with Crippen molar-refractivity contribution < 1.29 is 4.79 Å². The Labute approximate surface area is 169 Å². The number of hydrazone groups is 1. The quantitative estimate of drug-likeness (QED) is 0.527. The molecule has 0 bridgehead atoms. The topological polar surface area (TPSA) is 32.7 Å². The molecule has 0 aromatic heterocycles. The Morgan fingerprint density at radius 2 is 1.68 bits per heavy atom. The maximum absolute atomic E-state index is 13.0. The van der Waals surface area contributed by atoms with Crippen LogP contribution < -0.4 is 0 Å². The van der Waals surface area contributed by atoms with Gasteiger partial charge in [0.1, 0.15) is 0 Å². The standard InChI is InChI=1S/C24H19ClN2O/c25-21-13-7-12-20(16-21)23-17-22(19-10-5-2-6-11-19)26-27(23)24(28)15-14-18-8-3-1-4-9-18/h1-16,23H,17H2. The van der Waals surface area contributed by atoms with Crippen molar-refractivity contribution in [3.63, 3.8) is 0 Å². The summed E-state index contributed by atoms with van der Waals surface area (Å²) in [4.78, 5) is 13.0. The summed E-state index contributed by atoms with van der Waals surface area (Å²) >= 11 is 6.19. The van der Waals surface area contributed by atoms with Crippen molar-refractivity contribution in [2.45, 2.75) is 12.5 Å². The van der Waals surface area contributed by atoms with Crippen LogP contribution in [0.4, 0.5) is 0 Å². The van der Waals surface area contributed by atoms with Crippen LogP contribution in [0.5, 0.6) is 0 Å². The summed E-state index contributed by atoms with van der Waals surface area (Å²) in [5.41, 5.74) is 3.87. The number of rotatable bonds is 4. The van der Waals surface area contributed by atoms with E-state index in [1.807, 2.05) is 91.0 Å². The van der Waals surface area contributed by atoms with E-state index >= 15 is 0 Å². The second kappa shape index (κ2) is 8.24. The molecular formula is C24H19ClN2O. The Kier molecular flexibility index (Phi) is 5.36. The van der Waals surface area contributed by atoms with Gasteiger partial charge in [-0.25, -0.2) is 5.01 Å². The minimum Gasteiger partial charge on any atom is -0.268 e. The van der Waals surface area contributed by atoms with E-state index in [9.17, 15) is 4.79 Å². The highest BCUT2D eigenvalue weighted by molar-refractivity contribution is 6.30. The fourth-order valence-electron chi connectivity index (χ4n) is 3.30. The van der Waals surface area contributed by atoms with Gasteiger partial charge in [0.2, 0.25) is 0 Å². The number of hydrogen-bond donors (Lipinski definition) is 0. The molecule has 0 N–H and O–H groups in total. The molecule has 1 atom stereocenters. The van der Waals surface area contributed by atoms with Crippen LogP contribution >= 0.6 is 11.6 Å². The molecule has 0 fully saturated rings. The van der Waals surface area contributed by atoms with Crippen molar-refractivity contribution in [3.8, 4) is 0 Å². The maximum atomic E-state index is 13.0. The van der Waals surface area contributed by atoms with Crippen LogP contribution in [-0.2, 0) is 4.79 Å². The maximum Gasteiger partial charge on any atom is 0.267 e. The number of carbonyl (C=O) groups is 1. The first-order chi connectivity index (χ1) is 13.7. The van der Waals surface area contributed by atoms with Crippen LogP contribution in [0, 0.1) is 0 Å². The molecule has 1 aliphatic rings. The fourth-order valence-corrected chi connectivity index (χ4v) is 3.50. The van der Waals surface area contributed by atoms with Crippen molar-refractivity contribution >= 4 is 29.3 Å². The van der Waals surface area contributed by atoms with Crippen LogP contribution in [0.3, 0.4) is 0 Å². The monoisotopic (exact) mass is 386 g/mol. The third kappa shape index (κ3) is 4.05. The van der Waals surface area contributed by atoms with Gasteiger partial charge in [0, 0.05) is 17.5 Å². The zero-order valence-corrected chi connectivity index (χ0v) is 16.0. The molecule has 3 aromatic carbocycles. The highest BCUT2D eigenvalue weighted by atomic mass is 35.5. The predicted octanol–water partition coefficient (Wildman–Crippen LogP) is 5.73. The molecule has 138 valence electrons. The number of hydrogen-bond acceptors (Lipinski definition) is 2. The molecule has 0 saturated heterocycles. The summed E-state index contributed by atoms with van der Waals surface area (Å²) in [5.74, 6) is -0.153. The highest BCUT2D eigenvalue weighted by Gasteiger charge is 2.32. The molecule has 4 heteroatoms. The summed E-state index contributed by atoms with van der Waals surface area (Å²) < 4.78 is 0. The average Bonchev–Trinajstić information content (AvgIpc) is 3.19. The molecule has 0 aliphatic carbocycles. The molecule has 1 aliphatic heterocycles. The van der Waals surface area contributed by atoms with Gasteiger partial charge in [0.05, 0.1) is 11.8 Å². The number of halogens is 1. The molecule has 0 spiro atoms. The van der Waals surface area contributed by atoms with Gasteiger partial charge in [-0.15, -0.1) is 0 Å². The summed E-state index contributed by atoms with van der Waals surface area (Å²) in [5, 5.41) is 6.88. The summed E-state index contributed by atoms with van der Waals surface area (Å²) in [7, 11) is 0. The van der Waals surface area contributed by atoms with Gasteiger partial charge in [0.15, 0.2) is 0 Å². The smallest absolute Gasteiger partial charge is 0.267 e. The molecule has 0 radical (unpaired) electrons. The van der Waals surface area contributed by atoms with E-state index in [0.29, 0.717) is 11.4 Å². The van der Waals surface area contributed by atoms with Gasteiger partial charge in [-0.2, -0.15) is 5.10 Å². The molecule has 1 unspecified atom stereocenters. The molecular weight excluding hydrogens is 368 g/mol. The van der Waals surface area contributed by atoms with E-state index < -0.39 is 0 Å². The third-order valence-electron chi connectivity index (χ3n) is 4.69.